The molecule has 0 spiro atoms. The summed E-state index contributed by atoms with van der Waals surface area (Å²) in [7, 11) is 1.27. The molecule has 0 aliphatic heterocycles. The van der Waals surface area contributed by atoms with Gasteiger partial charge in [0.25, 0.3) is 0 Å². The van der Waals surface area contributed by atoms with Crippen LogP contribution in [0.25, 0.3) is 0 Å². The molecule has 0 saturated carbocycles. The Morgan fingerprint density at radius 3 is 2.53 bits per heavy atom. The normalized spacial score (nSPS) is 12.0. The second-order valence-electron chi connectivity index (χ2n) is 3.48. The molecule has 5 heteroatoms. The molecule has 0 heterocycles. The number of rotatable bonds is 4. The van der Waals surface area contributed by atoms with Crippen LogP contribution in [0.2, 0.25) is 0 Å². The van der Waals surface area contributed by atoms with Crippen molar-refractivity contribution in [3.8, 4) is 0 Å². The van der Waals surface area contributed by atoms with Gasteiger partial charge in [0.05, 0.1) is 12.7 Å². The summed E-state index contributed by atoms with van der Waals surface area (Å²) in [6.45, 7) is 1.36. The molecule has 1 rings (SSSR count). The van der Waals surface area contributed by atoms with Gasteiger partial charge in [-0.15, -0.1) is 23.2 Å². The molecule has 0 fully saturated rings. The maximum atomic E-state index is 11.6. The van der Waals surface area contributed by atoms with Crippen LogP contribution < -0.4 is 0 Å². The van der Waals surface area contributed by atoms with Gasteiger partial charge >= 0.3 is 5.97 Å². The second-order valence-corrected chi connectivity index (χ2v) is 4.18. The molecule has 0 N–H and O–H groups in total. The maximum Gasteiger partial charge on any atom is 0.338 e. The number of ether oxygens (including phenoxy) is 1. The Morgan fingerprint density at radius 1 is 1.41 bits per heavy atom. The Bertz CT molecular complexity index is 443. The predicted molar refractivity (Wildman–Crippen MR) is 66.6 cm³/mol. The zero-order valence-electron chi connectivity index (χ0n) is 9.50. The number of esters is 1. The quantitative estimate of drug-likeness (QED) is 0.626. The summed E-state index contributed by atoms with van der Waals surface area (Å²) in [5.41, 5.74) is 1.37. The van der Waals surface area contributed by atoms with E-state index in [2.05, 4.69) is 4.74 Å². The number of carbonyl (C=O) groups is 2. The molecule has 1 unspecified atom stereocenters. The zero-order valence-corrected chi connectivity index (χ0v) is 11.0. The summed E-state index contributed by atoms with van der Waals surface area (Å²) in [5, 5.41) is -0.890. The predicted octanol–water partition coefficient (Wildman–Crippen LogP) is 3.08. The molecule has 0 radical (unpaired) electrons. The molecule has 0 bridgehead atoms. The van der Waals surface area contributed by atoms with Crippen LogP contribution >= 0.6 is 23.2 Å². The van der Waals surface area contributed by atoms with Crippen molar-refractivity contribution in [1.82, 2.24) is 0 Å². The minimum atomic E-state index is -0.890. The summed E-state index contributed by atoms with van der Waals surface area (Å²) in [4.78, 5) is 22.9. The third-order valence-electron chi connectivity index (χ3n) is 2.36. The van der Waals surface area contributed by atoms with Crippen LogP contribution in [0.15, 0.2) is 18.2 Å². The van der Waals surface area contributed by atoms with Crippen molar-refractivity contribution in [1.29, 1.82) is 0 Å². The van der Waals surface area contributed by atoms with Gasteiger partial charge in [0.2, 0.25) is 0 Å². The Labute approximate surface area is 110 Å². The van der Waals surface area contributed by atoms with E-state index in [1.807, 2.05) is 0 Å². The molecule has 0 aliphatic carbocycles. The second kappa shape index (κ2) is 6.03. The van der Waals surface area contributed by atoms with Crippen molar-refractivity contribution in [2.75, 3.05) is 7.11 Å². The van der Waals surface area contributed by atoms with Gasteiger partial charge in [0.1, 0.15) is 5.38 Å². The van der Waals surface area contributed by atoms with E-state index in [4.69, 9.17) is 23.2 Å². The first-order valence-electron chi connectivity index (χ1n) is 4.93. The number of alkyl halides is 2. The van der Waals surface area contributed by atoms with E-state index in [1.165, 1.54) is 14.0 Å². The van der Waals surface area contributed by atoms with Gasteiger partial charge in [-0.25, -0.2) is 4.79 Å². The highest BCUT2D eigenvalue weighted by molar-refractivity contribution is 6.31. The molecule has 0 saturated heterocycles. The summed E-state index contributed by atoms with van der Waals surface area (Å²) < 4.78 is 4.65. The Hall–Kier alpha value is -1.06. The Balaban J connectivity index is 3.40. The molecule has 17 heavy (non-hydrogen) atoms. The van der Waals surface area contributed by atoms with E-state index in [-0.39, 0.29) is 17.2 Å². The highest BCUT2D eigenvalue weighted by atomic mass is 35.5. The molecule has 3 nitrogen and oxygen atoms in total. The minimum absolute atomic E-state index is 0.177. The average molecular weight is 275 g/mol. The largest absolute Gasteiger partial charge is 0.465 e. The zero-order chi connectivity index (χ0) is 13.0. The fraction of sp³-hybridized carbons (Fsp3) is 0.333. The first kappa shape index (κ1) is 14.0. The van der Waals surface area contributed by atoms with Crippen LogP contribution in [0.4, 0.5) is 0 Å². The third kappa shape index (κ3) is 2.99. The molecular formula is C12H12Cl2O3. The Kier molecular flexibility index (Phi) is 4.97. The number of hydrogen-bond donors (Lipinski definition) is 0. The Morgan fingerprint density at radius 2 is 2.06 bits per heavy atom. The van der Waals surface area contributed by atoms with E-state index < -0.39 is 11.3 Å². The number of hydrogen-bond acceptors (Lipinski definition) is 3. The van der Waals surface area contributed by atoms with Crippen LogP contribution in [0, 0.1) is 0 Å². The summed E-state index contributed by atoms with van der Waals surface area (Å²) in [6, 6.07) is 4.97. The lowest BCUT2D eigenvalue weighted by Crippen LogP contribution is -2.13. The van der Waals surface area contributed by atoms with Gasteiger partial charge < -0.3 is 4.74 Å². The van der Waals surface area contributed by atoms with E-state index in [9.17, 15) is 9.59 Å². The van der Waals surface area contributed by atoms with Crippen LogP contribution in [0.3, 0.4) is 0 Å². The van der Waals surface area contributed by atoms with Crippen LogP contribution in [0.1, 0.15) is 33.8 Å². The lowest BCUT2D eigenvalue weighted by molar-refractivity contribution is -0.116. The van der Waals surface area contributed by atoms with Crippen molar-refractivity contribution in [3.63, 3.8) is 0 Å². The standard InChI is InChI=1S/C12H12Cl2O3/c1-7(15)11(14)10-8(6-13)4-3-5-9(10)12(16)17-2/h3-5,11H,6H2,1-2H3. The minimum Gasteiger partial charge on any atom is -0.465 e. The van der Waals surface area contributed by atoms with Gasteiger partial charge in [-0.05, 0) is 24.1 Å². The first-order valence-corrected chi connectivity index (χ1v) is 5.90. The van der Waals surface area contributed by atoms with E-state index in [0.29, 0.717) is 11.1 Å². The molecule has 1 aromatic rings. The van der Waals surface area contributed by atoms with Crippen LogP contribution in [-0.4, -0.2) is 18.9 Å². The number of Topliss-reactive ketones (excluding diaryl/α,β-unsaturated/α-hetero) is 1. The molecule has 92 valence electrons. The number of carbonyl (C=O) groups excluding carboxylic acids is 2. The number of benzene rings is 1. The molecule has 0 amide bonds. The summed E-state index contributed by atoms with van der Waals surface area (Å²) in [5.74, 6) is -0.593. The smallest absolute Gasteiger partial charge is 0.338 e. The van der Waals surface area contributed by atoms with Crippen molar-refractivity contribution < 1.29 is 14.3 Å². The highest BCUT2D eigenvalue weighted by Gasteiger charge is 2.24. The highest BCUT2D eigenvalue weighted by Crippen LogP contribution is 2.30. The SMILES string of the molecule is COC(=O)c1cccc(CCl)c1C(Cl)C(C)=O. The van der Waals surface area contributed by atoms with Gasteiger partial charge in [-0.3, -0.25) is 4.79 Å². The fourth-order valence-electron chi connectivity index (χ4n) is 1.52. The van der Waals surface area contributed by atoms with Crippen molar-refractivity contribution in [2.45, 2.75) is 18.2 Å². The average Bonchev–Trinajstić information content (AvgIpc) is 2.35. The monoisotopic (exact) mass is 274 g/mol. The summed E-state index contributed by atoms with van der Waals surface area (Å²) in [6.07, 6.45) is 0. The van der Waals surface area contributed by atoms with Crippen LogP contribution in [-0.2, 0) is 15.4 Å². The van der Waals surface area contributed by atoms with Gasteiger partial charge in [0, 0.05) is 5.88 Å². The first-order chi connectivity index (χ1) is 8.02. The van der Waals surface area contributed by atoms with Crippen molar-refractivity contribution in [2.24, 2.45) is 0 Å². The van der Waals surface area contributed by atoms with E-state index in [0.717, 1.165) is 0 Å². The van der Waals surface area contributed by atoms with E-state index in [1.54, 1.807) is 18.2 Å². The summed E-state index contributed by atoms with van der Waals surface area (Å²) >= 11 is 11.8. The number of methoxy groups -OCH3 is 1. The molecule has 1 atom stereocenters. The maximum absolute atomic E-state index is 11.6. The van der Waals surface area contributed by atoms with Crippen molar-refractivity contribution >= 4 is 35.0 Å². The van der Waals surface area contributed by atoms with Crippen molar-refractivity contribution in [3.05, 3.63) is 34.9 Å². The number of halogens is 2. The van der Waals surface area contributed by atoms with Gasteiger partial charge in [-0.1, -0.05) is 12.1 Å². The fourth-order valence-corrected chi connectivity index (χ4v) is 2.01. The molecular weight excluding hydrogens is 263 g/mol. The van der Waals surface area contributed by atoms with E-state index >= 15 is 0 Å². The molecule has 0 aromatic heterocycles. The molecule has 0 aliphatic rings. The lowest BCUT2D eigenvalue weighted by Gasteiger charge is -2.15. The lowest BCUT2D eigenvalue weighted by atomic mass is 9.97. The van der Waals surface area contributed by atoms with Crippen LogP contribution in [0.5, 0.6) is 0 Å². The topological polar surface area (TPSA) is 43.4 Å². The molecule has 1 aromatic carbocycles. The van der Waals surface area contributed by atoms with Gasteiger partial charge in [0.15, 0.2) is 5.78 Å². The number of ketones is 1. The third-order valence-corrected chi connectivity index (χ3v) is 3.17. The van der Waals surface area contributed by atoms with Gasteiger partial charge in [-0.2, -0.15) is 0 Å².